The van der Waals surface area contributed by atoms with E-state index in [4.69, 9.17) is 4.42 Å². The summed E-state index contributed by atoms with van der Waals surface area (Å²) < 4.78 is 6.09. The minimum atomic E-state index is -0.247. The monoisotopic (exact) mass is 371 g/mol. The average Bonchev–Trinajstić information content (AvgIpc) is 3.32. The van der Waals surface area contributed by atoms with Gasteiger partial charge in [-0.3, -0.25) is 0 Å². The summed E-state index contributed by atoms with van der Waals surface area (Å²) in [6, 6.07) is 26.8. The van der Waals surface area contributed by atoms with E-state index in [2.05, 4.69) is 71.6 Å². The molecule has 144 valence electrons. The second-order valence-corrected chi connectivity index (χ2v) is 8.53. The number of fused-ring (bicyclic) bond motifs is 3. The van der Waals surface area contributed by atoms with Gasteiger partial charge in [0.15, 0.2) is 0 Å². The quantitative estimate of drug-likeness (QED) is 0.538. The lowest BCUT2D eigenvalue weighted by atomic mass is 9.69. The Hall–Kier alpha value is -2.32. The smallest absolute Gasteiger partial charge is 0.118 e. The number of benzene rings is 2. The topological polar surface area (TPSA) is 16.4 Å². The van der Waals surface area contributed by atoms with Crippen LogP contribution < -0.4 is 0 Å². The molecule has 3 fully saturated rings. The molecule has 2 aromatic carbocycles. The Morgan fingerprint density at radius 3 is 1.93 bits per heavy atom. The molecule has 0 radical (unpaired) electrons. The largest absolute Gasteiger partial charge is 0.468 e. The number of hydrogen-bond acceptors (Lipinski definition) is 2. The van der Waals surface area contributed by atoms with E-state index >= 15 is 0 Å². The fourth-order valence-electron chi connectivity index (χ4n) is 5.59. The van der Waals surface area contributed by atoms with E-state index in [0.29, 0.717) is 0 Å². The summed E-state index contributed by atoms with van der Waals surface area (Å²) >= 11 is 0. The Labute approximate surface area is 168 Å². The maximum Gasteiger partial charge on any atom is 0.118 e. The van der Waals surface area contributed by atoms with Gasteiger partial charge in [0, 0.05) is 19.1 Å². The van der Waals surface area contributed by atoms with E-state index in [1.165, 1.54) is 43.4 Å². The Morgan fingerprint density at radius 2 is 1.43 bits per heavy atom. The molecule has 3 aromatic rings. The molecule has 2 nitrogen and oxygen atoms in total. The average molecular weight is 372 g/mol. The first-order valence-corrected chi connectivity index (χ1v) is 10.8. The molecule has 0 spiro atoms. The van der Waals surface area contributed by atoms with Crippen LogP contribution in [0.5, 0.6) is 0 Å². The van der Waals surface area contributed by atoms with Crippen LogP contribution in [-0.4, -0.2) is 24.0 Å². The molecule has 1 aromatic heterocycles. The maximum absolute atomic E-state index is 6.09. The maximum atomic E-state index is 6.09. The van der Waals surface area contributed by atoms with E-state index in [1.807, 2.05) is 12.3 Å². The van der Waals surface area contributed by atoms with Crippen LogP contribution in [0.1, 0.15) is 49.0 Å². The van der Waals surface area contributed by atoms with Crippen LogP contribution in [0.4, 0.5) is 0 Å². The van der Waals surface area contributed by atoms with E-state index < -0.39 is 0 Å². The lowest BCUT2D eigenvalue weighted by Gasteiger charge is -2.46. The van der Waals surface area contributed by atoms with Crippen LogP contribution in [0.25, 0.3) is 0 Å². The zero-order valence-corrected chi connectivity index (χ0v) is 16.5. The molecule has 1 saturated carbocycles. The number of rotatable bonds is 6. The predicted molar refractivity (Wildman–Crippen MR) is 113 cm³/mol. The van der Waals surface area contributed by atoms with Gasteiger partial charge in [-0.2, -0.15) is 0 Å². The fourth-order valence-corrected chi connectivity index (χ4v) is 5.59. The third-order valence-electron chi connectivity index (χ3n) is 7.07. The van der Waals surface area contributed by atoms with E-state index in [9.17, 15) is 0 Å². The standard InChI is InChI=1S/C26H29NO/c1-3-8-22(9-4-1)26(25-12-7-19-28-25,23-10-5-2-6-11-23)17-18-27-20-21-13-15-24(27)16-14-21/h1-12,19,21,24H,13-18,20H2. The van der Waals surface area contributed by atoms with Gasteiger partial charge in [0.05, 0.1) is 11.7 Å². The Balaban J connectivity index is 1.56. The van der Waals surface area contributed by atoms with Crippen LogP contribution in [0.3, 0.4) is 0 Å². The van der Waals surface area contributed by atoms with Crippen LogP contribution in [0.2, 0.25) is 0 Å². The summed E-state index contributed by atoms with van der Waals surface area (Å²) in [5.41, 5.74) is 2.39. The SMILES string of the molecule is c1ccc(C(CCN2CC3CCC2CC3)(c2ccccc2)c2ccco2)cc1. The van der Waals surface area contributed by atoms with Crippen molar-refractivity contribution < 1.29 is 4.42 Å². The van der Waals surface area contributed by atoms with Crippen LogP contribution in [-0.2, 0) is 5.41 Å². The van der Waals surface area contributed by atoms with Gasteiger partial charge in [-0.05, 0) is 61.3 Å². The van der Waals surface area contributed by atoms with E-state index in [-0.39, 0.29) is 5.41 Å². The number of hydrogen-bond donors (Lipinski definition) is 0. The molecule has 2 saturated heterocycles. The third kappa shape index (κ3) is 3.10. The van der Waals surface area contributed by atoms with Crippen molar-refractivity contribution in [1.29, 1.82) is 0 Å². The fraction of sp³-hybridized carbons (Fsp3) is 0.385. The van der Waals surface area contributed by atoms with Crippen LogP contribution >= 0.6 is 0 Å². The van der Waals surface area contributed by atoms with E-state index in [1.54, 1.807) is 0 Å². The highest BCUT2D eigenvalue weighted by molar-refractivity contribution is 5.47. The van der Waals surface area contributed by atoms with Gasteiger partial charge >= 0.3 is 0 Å². The van der Waals surface area contributed by atoms with Gasteiger partial charge in [0.25, 0.3) is 0 Å². The van der Waals surface area contributed by atoms with E-state index in [0.717, 1.165) is 30.7 Å². The predicted octanol–water partition coefficient (Wildman–Crippen LogP) is 5.88. The van der Waals surface area contributed by atoms with Crippen molar-refractivity contribution in [2.75, 3.05) is 13.1 Å². The molecule has 0 unspecified atom stereocenters. The summed E-state index contributed by atoms with van der Waals surface area (Å²) in [6.45, 7) is 2.40. The summed E-state index contributed by atoms with van der Waals surface area (Å²) in [6.07, 6.45) is 8.49. The van der Waals surface area contributed by atoms with Crippen LogP contribution in [0, 0.1) is 5.92 Å². The molecule has 2 heteroatoms. The second kappa shape index (κ2) is 7.60. The van der Waals surface area contributed by atoms with Gasteiger partial charge in [-0.15, -0.1) is 0 Å². The molecule has 3 heterocycles. The normalized spacial score (nSPS) is 22.4. The highest BCUT2D eigenvalue weighted by Crippen LogP contribution is 2.44. The molecule has 28 heavy (non-hydrogen) atoms. The molecule has 3 aliphatic rings. The summed E-state index contributed by atoms with van der Waals surface area (Å²) in [7, 11) is 0. The van der Waals surface area contributed by atoms with Crippen molar-refractivity contribution >= 4 is 0 Å². The van der Waals surface area contributed by atoms with Crippen molar-refractivity contribution in [3.63, 3.8) is 0 Å². The summed E-state index contributed by atoms with van der Waals surface area (Å²) in [5, 5.41) is 0. The van der Waals surface area contributed by atoms with Gasteiger partial charge in [0.2, 0.25) is 0 Å². The number of nitrogens with zero attached hydrogens (tertiary/aromatic N) is 1. The molecule has 1 aliphatic carbocycles. The molecule has 2 bridgehead atoms. The number of furan rings is 1. The first-order valence-electron chi connectivity index (χ1n) is 10.8. The van der Waals surface area contributed by atoms with Crippen molar-refractivity contribution in [3.8, 4) is 0 Å². The summed E-state index contributed by atoms with van der Waals surface area (Å²) in [5.74, 6) is 1.96. The van der Waals surface area contributed by atoms with Gasteiger partial charge in [-0.25, -0.2) is 0 Å². The highest BCUT2D eigenvalue weighted by atomic mass is 16.3. The highest BCUT2D eigenvalue weighted by Gasteiger charge is 2.41. The first-order chi connectivity index (χ1) is 13.9. The van der Waals surface area contributed by atoms with Crippen molar-refractivity contribution in [3.05, 3.63) is 95.9 Å². The lowest BCUT2D eigenvalue weighted by molar-refractivity contribution is 0.0447. The van der Waals surface area contributed by atoms with Gasteiger partial charge in [0.1, 0.15) is 5.76 Å². The zero-order valence-electron chi connectivity index (χ0n) is 16.5. The van der Waals surface area contributed by atoms with Crippen molar-refractivity contribution in [2.24, 2.45) is 5.92 Å². The second-order valence-electron chi connectivity index (χ2n) is 8.53. The number of piperidine rings is 2. The minimum absolute atomic E-state index is 0.247. The molecule has 0 amide bonds. The molecule has 0 N–H and O–H groups in total. The third-order valence-corrected chi connectivity index (χ3v) is 7.07. The first kappa shape index (κ1) is 17.8. The van der Waals surface area contributed by atoms with Crippen LogP contribution in [0.15, 0.2) is 83.5 Å². The van der Waals surface area contributed by atoms with Crippen molar-refractivity contribution in [2.45, 2.75) is 43.6 Å². The Morgan fingerprint density at radius 1 is 0.786 bits per heavy atom. The van der Waals surface area contributed by atoms with Gasteiger partial charge in [-0.1, -0.05) is 60.7 Å². The molecular formula is C26H29NO. The Bertz CT molecular complexity index is 824. The lowest BCUT2D eigenvalue weighted by Crippen LogP contribution is -2.49. The van der Waals surface area contributed by atoms with Gasteiger partial charge < -0.3 is 9.32 Å². The Kier molecular flexibility index (Phi) is 4.82. The molecule has 2 aliphatic heterocycles. The molecule has 6 rings (SSSR count). The molecule has 0 atom stereocenters. The zero-order chi connectivity index (χ0) is 18.8. The molecular weight excluding hydrogens is 342 g/mol. The van der Waals surface area contributed by atoms with Crippen molar-refractivity contribution in [1.82, 2.24) is 4.90 Å². The summed E-state index contributed by atoms with van der Waals surface area (Å²) in [4.78, 5) is 2.77. The minimum Gasteiger partial charge on any atom is -0.468 e.